The smallest absolute Gasteiger partial charge is 0.354 e. The lowest BCUT2D eigenvalue weighted by Gasteiger charge is -2.47. The third-order valence-electron chi connectivity index (χ3n) is 4.92. The number of anilines is 1. The summed E-state index contributed by atoms with van der Waals surface area (Å²) < 4.78 is 5.25. The predicted molar refractivity (Wildman–Crippen MR) is 96.9 cm³/mol. The van der Waals surface area contributed by atoms with E-state index in [0.29, 0.717) is 17.8 Å². The van der Waals surface area contributed by atoms with E-state index in [9.17, 15) is 19.2 Å². The maximum absolute atomic E-state index is 13.1. The average Bonchev–Trinajstić information content (AvgIpc) is 3.03. The second kappa shape index (κ2) is 7.38. The molecule has 1 fully saturated rings. The van der Waals surface area contributed by atoms with Crippen molar-refractivity contribution in [2.24, 2.45) is 0 Å². The van der Waals surface area contributed by atoms with Gasteiger partial charge in [0.25, 0.3) is 11.8 Å². The first-order valence-electron chi connectivity index (χ1n) is 9.15. The molecule has 1 atom stereocenters. The molecule has 2 aliphatic rings. The number of fused-ring (bicyclic) bond motifs is 3. The van der Waals surface area contributed by atoms with Gasteiger partial charge in [-0.1, -0.05) is 19.1 Å². The average molecular weight is 373 g/mol. The van der Waals surface area contributed by atoms with Gasteiger partial charge in [0.05, 0.1) is 11.3 Å². The lowest BCUT2D eigenvalue weighted by atomic mass is 9.96. The van der Waals surface area contributed by atoms with Crippen molar-refractivity contribution in [2.45, 2.75) is 38.8 Å². The van der Waals surface area contributed by atoms with Crippen LogP contribution >= 0.6 is 0 Å². The summed E-state index contributed by atoms with van der Waals surface area (Å²) in [5, 5.41) is 2.63. The summed E-state index contributed by atoms with van der Waals surface area (Å²) in [4.78, 5) is 53.2. The molecule has 0 bridgehead atoms. The summed E-state index contributed by atoms with van der Waals surface area (Å²) in [7, 11) is 0. The van der Waals surface area contributed by atoms with Crippen molar-refractivity contribution >= 4 is 29.4 Å². The summed E-state index contributed by atoms with van der Waals surface area (Å²) in [5.41, 5.74) is -0.761. The third-order valence-corrected chi connectivity index (χ3v) is 4.92. The van der Waals surface area contributed by atoms with Gasteiger partial charge in [0, 0.05) is 25.9 Å². The molecule has 0 radical (unpaired) electrons. The van der Waals surface area contributed by atoms with Crippen LogP contribution < -0.4 is 10.2 Å². The number of hydrogen-bond donors (Lipinski definition) is 1. The number of hydrogen-bond acceptors (Lipinski definition) is 5. The molecule has 3 amide bonds. The lowest BCUT2D eigenvalue weighted by molar-refractivity contribution is -0.160. The number of para-hydroxylation sites is 1. The van der Waals surface area contributed by atoms with Gasteiger partial charge in [-0.05, 0) is 25.5 Å². The Hall–Kier alpha value is -2.90. The highest BCUT2D eigenvalue weighted by Gasteiger charge is 2.61. The van der Waals surface area contributed by atoms with Crippen LogP contribution in [-0.4, -0.2) is 54.0 Å². The zero-order chi connectivity index (χ0) is 19.6. The molecule has 8 nitrogen and oxygen atoms in total. The number of nitrogens with one attached hydrogen (secondary N) is 1. The van der Waals surface area contributed by atoms with E-state index in [1.54, 1.807) is 31.2 Å². The molecular weight excluding hydrogens is 350 g/mol. The topological polar surface area (TPSA) is 96.0 Å². The fourth-order valence-electron chi connectivity index (χ4n) is 3.73. The minimum absolute atomic E-state index is 0.120. The highest BCUT2D eigenvalue weighted by Crippen LogP contribution is 2.44. The zero-order valence-corrected chi connectivity index (χ0v) is 15.5. The van der Waals surface area contributed by atoms with Crippen LogP contribution in [0.1, 0.15) is 43.5 Å². The van der Waals surface area contributed by atoms with Gasteiger partial charge in [-0.25, -0.2) is 4.79 Å². The normalized spacial score (nSPS) is 21.0. The Morgan fingerprint density at radius 3 is 2.67 bits per heavy atom. The molecule has 0 aliphatic carbocycles. The van der Waals surface area contributed by atoms with Crippen LogP contribution in [0.25, 0.3) is 0 Å². The molecule has 8 heteroatoms. The number of benzene rings is 1. The number of nitrogens with zero attached hydrogens (tertiary/aromatic N) is 2. The van der Waals surface area contributed by atoms with Gasteiger partial charge in [0.1, 0.15) is 0 Å². The molecule has 0 unspecified atom stereocenters. The SMILES string of the molecule is CCCNC(=O)COC(=O)[C@]12CCC(=O)N1c1ccccc1C(=O)N2CC. The van der Waals surface area contributed by atoms with Crippen LogP contribution in [0, 0.1) is 0 Å². The van der Waals surface area contributed by atoms with Crippen molar-refractivity contribution in [3.05, 3.63) is 29.8 Å². The Morgan fingerprint density at radius 2 is 1.96 bits per heavy atom. The van der Waals surface area contributed by atoms with E-state index < -0.39 is 24.1 Å². The molecule has 1 N–H and O–H groups in total. The fourth-order valence-corrected chi connectivity index (χ4v) is 3.73. The first-order valence-corrected chi connectivity index (χ1v) is 9.15. The Morgan fingerprint density at radius 1 is 1.22 bits per heavy atom. The molecule has 2 heterocycles. The van der Waals surface area contributed by atoms with Gasteiger partial charge in [-0.3, -0.25) is 19.3 Å². The first-order chi connectivity index (χ1) is 13.0. The van der Waals surface area contributed by atoms with E-state index in [4.69, 9.17) is 4.74 Å². The van der Waals surface area contributed by atoms with Crippen LogP contribution in [0.4, 0.5) is 5.69 Å². The van der Waals surface area contributed by atoms with Gasteiger partial charge >= 0.3 is 5.97 Å². The molecular formula is C19H23N3O5. The fraction of sp³-hybridized carbons (Fsp3) is 0.474. The number of ether oxygens (including phenoxy) is 1. The Kier molecular flexibility index (Phi) is 5.16. The van der Waals surface area contributed by atoms with Gasteiger partial charge in [-0.15, -0.1) is 0 Å². The highest BCUT2D eigenvalue weighted by molar-refractivity contribution is 6.15. The van der Waals surface area contributed by atoms with Gasteiger partial charge in [0.2, 0.25) is 11.6 Å². The van der Waals surface area contributed by atoms with E-state index in [0.717, 1.165) is 6.42 Å². The van der Waals surface area contributed by atoms with Crippen LogP contribution in [0.2, 0.25) is 0 Å². The molecule has 27 heavy (non-hydrogen) atoms. The van der Waals surface area contributed by atoms with E-state index in [2.05, 4.69) is 5.32 Å². The number of esters is 1. The second-order valence-electron chi connectivity index (χ2n) is 6.54. The molecule has 0 aromatic heterocycles. The van der Waals surface area contributed by atoms with Crippen LogP contribution in [0.5, 0.6) is 0 Å². The largest absolute Gasteiger partial charge is 0.452 e. The molecule has 1 aromatic rings. The van der Waals surface area contributed by atoms with Crippen LogP contribution in [-0.2, 0) is 19.1 Å². The minimum atomic E-state index is -1.54. The predicted octanol–water partition coefficient (Wildman–Crippen LogP) is 1.05. The lowest BCUT2D eigenvalue weighted by Crippen LogP contribution is -2.68. The first kappa shape index (κ1) is 18.9. The van der Waals surface area contributed by atoms with Crippen molar-refractivity contribution in [3.63, 3.8) is 0 Å². The van der Waals surface area contributed by atoms with Crippen LogP contribution in [0.15, 0.2) is 24.3 Å². The van der Waals surface area contributed by atoms with E-state index in [1.165, 1.54) is 9.80 Å². The van der Waals surface area contributed by atoms with Gasteiger partial charge < -0.3 is 15.0 Å². The summed E-state index contributed by atoms with van der Waals surface area (Å²) >= 11 is 0. The molecule has 3 rings (SSSR count). The standard InChI is InChI=1S/C19H23N3O5/c1-3-11-20-15(23)12-27-18(26)19-10-9-16(24)22(19)14-8-6-5-7-13(14)17(25)21(19)4-2/h5-8H,3-4,9-12H2,1-2H3,(H,20,23)/t19-/m0/s1. The number of likely N-dealkylation sites (N-methyl/N-ethyl adjacent to an activating group) is 1. The van der Waals surface area contributed by atoms with Crippen LogP contribution in [0.3, 0.4) is 0 Å². The van der Waals surface area contributed by atoms with Crippen molar-refractivity contribution in [1.82, 2.24) is 10.2 Å². The van der Waals surface area contributed by atoms with E-state index >= 15 is 0 Å². The maximum atomic E-state index is 13.1. The van der Waals surface area contributed by atoms with E-state index in [1.807, 2.05) is 6.92 Å². The Labute approximate surface area is 157 Å². The van der Waals surface area contributed by atoms with E-state index in [-0.39, 0.29) is 31.2 Å². The maximum Gasteiger partial charge on any atom is 0.354 e. The molecule has 1 aromatic carbocycles. The van der Waals surface area contributed by atoms with Crippen molar-refractivity contribution in [2.75, 3.05) is 24.6 Å². The number of amides is 3. The summed E-state index contributed by atoms with van der Waals surface area (Å²) in [6.07, 6.45) is 1.02. The summed E-state index contributed by atoms with van der Waals surface area (Å²) in [6.45, 7) is 3.93. The van der Waals surface area contributed by atoms with Gasteiger partial charge in [-0.2, -0.15) is 0 Å². The second-order valence-corrected chi connectivity index (χ2v) is 6.54. The van der Waals surface area contributed by atoms with Crippen molar-refractivity contribution in [3.8, 4) is 0 Å². The van der Waals surface area contributed by atoms with Crippen molar-refractivity contribution < 1.29 is 23.9 Å². The number of rotatable bonds is 6. The molecule has 144 valence electrons. The van der Waals surface area contributed by atoms with Crippen molar-refractivity contribution in [1.29, 1.82) is 0 Å². The molecule has 1 saturated heterocycles. The number of carbonyl (C=O) groups excluding carboxylic acids is 4. The number of carbonyl (C=O) groups is 4. The molecule has 2 aliphatic heterocycles. The monoisotopic (exact) mass is 373 g/mol. The quantitative estimate of drug-likeness (QED) is 0.752. The third kappa shape index (κ3) is 2.94. The van der Waals surface area contributed by atoms with Gasteiger partial charge in [0.15, 0.2) is 6.61 Å². The summed E-state index contributed by atoms with van der Waals surface area (Å²) in [5.74, 6) is -1.75. The molecule has 0 spiro atoms. The Balaban J connectivity index is 1.95. The zero-order valence-electron chi connectivity index (χ0n) is 15.5. The highest BCUT2D eigenvalue weighted by atomic mass is 16.5. The molecule has 0 saturated carbocycles. The Bertz CT molecular complexity index is 793. The minimum Gasteiger partial charge on any atom is -0.452 e. The summed E-state index contributed by atoms with van der Waals surface area (Å²) in [6, 6.07) is 6.72.